The zero-order valence-electron chi connectivity index (χ0n) is 44.2. The van der Waals surface area contributed by atoms with Crippen LogP contribution in [0.15, 0.2) is 309 Å². The molecule has 14 aromatic rings. The normalized spacial score (nSPS) is 13.8. The van der Waals surface area contributed by atoms with E-state index in [0.29, 0.717) is 0 Å². The largest absolute Gasteiger partial charge is 0.311 e. The van der Waals surface area contributed by atoms with E-state index in [2.05, 4.69) is 319 Å². The maximum atomic E-state index is 5.96. The van der Waals surface area contributed by atoms with Gasteiger partial charge in [-0.15, -0.1) is 11.3 Å². The molecule has 0 N–H and O–H groups in total. The van der Waals surface area contributed by atoms with Crippen LogP contribution in [-0.4, -0.2) is 21.1 Å². The quantitative estimate of drug-likeness (QED) is 0.141. The molecule has 16 rings (SSSR count). The zero-order valence-corrected chi connectivity index (χ0v) is 47.0. The van der Waals surface area contributed by atoms with Crippen LogP contribution in [0.1, 0.15) is 0 Å². The Balaban J connectivity index is 0.927. The van der Waals surface area contributed by atoms with E-state index in [1.165, 1.54) is 84.2 Å². The lowest BCUT2D eigenvalue weighted by Crippen LogP contribution is -2.77. The van der Waals surface area contributed by atoms with Crippen molar-refractivity contribution in [2.75, 3.05) is 9.80 Å². The molecule has 12 aromatic carbocycles. The van der Waals surface area contributed by atoms with Gasteiger partial charge in [0, 0.05) is 59.6 Å². The summed E-state index contributed by atoms with van der Waals surface area (Å²) in [7, 11) is -5.71. The average molecular weight is 1080 g/mol. The van der Waals surface area contributed by atoms with E-state index in [1.807, 2.05) is 11.3 Å². The first kappa shape index (κ1) is 47.3. The monoisotopic (exact) mass is 1080 g/mol. The summed E-state index contributed by atoms with van der Waals surface area (Å²) >= 11 is 1.86. The third kappa shape index (κ3) is 7.21. The van der Waals surface area contributed by atoms with E-state index in [-0.39, 0.29) is 0 Å². The zero-order chi connectivity index (χ0) is 53.5. The van der Waals surface area contributed by atoms with Crippen molar-refractivity contribution in [2.24, 2.45) is 0 Å². The molecule has 2 aromatic heterocycles. The number of hydrogen-bond donors (Lipinski definition) is 0. The van der Waals surface area contributed by atoms with Crippen LogP contribution in [-0.2, 0) is 0 Å². The Morgan fingerprint density at radius 1 is 0.284 bits per heavy atom. The molecular weight excluding hydrogens is 1030 g/mol. The Hall–Kier alpha value is -9.70. The molecule has 4 heterocycles. The van der Waals surface area contributed by atoms with Gasteiger partial charge >= 0.3 is 0 Å². The number of fused-ring (bicyclic) bond motifs is 8. The smallest absolute Gasteiger partial charge is 0.184 e. The van der Waals surface area contributed by atoms with Crippen LogP contribution in [0.25, 0.3) is 53.3 Å². The SMILES string of the molecule is c1ccc([Si]2(c3ccccc3)c3ccccc3N(c3cccc(-c4cc5cc(-c6ccc7sc8ccccc8c7c6)ccc5c(N5c6ccccc6[Si](c6ccccc6)(c6ccccc6)c6ccccc65)n4)c3)c3ccccc32)cc1. The number of pyridine rings is 1. The van der Waals surface area contributed by atoms with Crippen molar-refractivity contribution in [1.82, 2.24) is 4.98 Å². The van der Waals surface area contributed by atoms with Gasteiger partial charge < -0.3 is 4.90 Å². The molecule has 0 unspecified atom stereocenters. The number of rotatable bonds is 8. The minimum atomic E-state index is -2.90. The molecule has 0 bridgehead atoms. The second-order valence-electron chi connectivity index (χ2n) is 21.3. The van der Waals surface area contributed by atoms with Gasteiger partial charge in [0.15, 0.2) is 16.1 Å². The molecule has 0 saturated heterocycles. The molecule has 0 fully saturated rings. The van der Waals surface area contributed by atoms with Gasteiger partial charge in [0.25, 0.3) is 0 Å². The lowest BCUT2D eigenvalue weighted by atomic mass is 9.98. The minimum absolute atomic E-state index is 0.900. The first-order valence-corrected chi connectivity index (χ1v) is 32.7. The molecule has 6 heteroatoms. The molecule has 81 heavy (non-hydrogen) atoms. The molecular formula is C75H51N3SSi2. The van der Waals surface area contributed by atoms with Crippen LogP contribution >= 0.6 is 11.3 Å². The summed E-state index contributed by atoms with van der Waals surface area (Å²) in [6, 6.07) is 116. The van der Waals surface area contributed by atoms with Crippen LogP contribution in [0, 0.1) is 0 Å². The van der Waals surface area contributed by atoms with E-state index >= 15 is 0 Å². The lowest BCUT2D eigenvalue weighted by Gasteiger charge is -2.45. The summed E-state index contributed by atoms with van der Waals surface area (Å²) < 4.78 is 2.61. The molecule has 0 aliphatic carbocycles. The topological polar surface area (TPSA) is 19.4 Å². The second kappa shape index (κ2) is 19.0. The number of nitrogens with zero attached hydrogens (tertiary/aromatic N) is 3. The standard InChI is InChI=1S/C75H51N3SSi2/c1-5-26-57(27-6-1)80(58-28-7-2-8-29-58)71-40-19-14-35-65(71)77(66-36-15-20-41-72(66)80)56-25-23-24-54(49-56)64-51-55-48-52(53-45-47-70-63(50-53)62-34-13-18-39-69(62)79-70)44-46-61(55)75(76-64)78-67-37-16-21-42-73(67)81(59-30-9-3-10-31-59,60-32-11-4-12-33-60)74-43-22-17-38-68(74)78/h1-51H. The second-order valence-corrected chi connectivity index (χ2v) is 29.9. The van der Waals surface area contributed by atoms with Crippen LogP contribution in [0.2, 0.25) is 0 Å². The van der Waals surface area contributed by atoms with Crippen molar-refractivity contribution < 1.29 is 0 Å². The van der Waals surface area contributed by atoms with Gasteiger partial charge in [-0.05, 0) is 125 Å². The highest BCUT2D eigenvalue weighted by Gasteiger charge is 2.50. The van der Waals surface area contributed by atoms with Crippen LogP contribution < -0.4 is 51.3 Å². The molecule has 2 aliphatic rings. The number of benzene rings is 12. The summed E-state index contributed by atoms with van der Waals surface area (Å²) in [5.74, 6) is 0.900. The summed E-state index contributed by atoms with van der Waals surface area (Å²) in [6.45, 7) is 0. The molecule has 0 spiro atoms. The number of thiophene rings is 1. The molecule has 380 valence electrons. The Morgan fingerprint density at radius 3 is 1.25 bits per heavy atom. The maximum absolute atomic E-state index is 5.96. The Kier molecular flexibility index (Phi) is 11.1. The minimum Gasteiger partial charge on any atom is -0.311 e. The highest BCUT2D eigenvalue weighted by Crippen LogP contribution is 2.45. The highest BCUT2D eigenvalue weighted by molar-refractivity contribution is 7.26. The fraction of sp³-hybridized carbons (Fsp3) is 0. The molecule has 0 saturated carbocycles. The first-order valence-electron chi connectivity index (χ1n) is 27.9. The molecule has 0 radical (unpaired) electrons. The number of hydrogen-bond acceptors (Lipinski definition) is 4. The van der Waals surface area contributed by atoms with Gasteiger partial charge in [0.05, 0.1) is 5.69 Å². The van der Waals surface area contributed by atoms with E-state index in [9.17, 15) is 0 Å². The summed E-state index contributed by atoms with van der Waals surface area (Å²) in [5.41, 5.74) is 10.1. The molecule has 2 aliphatic heterocycles. The van der Waals surface area contributed by atoms with Crippen molar-refractivity contribution in [1.29, 1.82) is 0 Å². The van der Waals surface area contributed by atoms with Crippen molar-refractivity contribution in [3.63, 3.8) is 0 Å². The number of anilines is 6. The van der Waals surface area contributed by atoms with Crippen molar-refractivity contribution in [2.45, 2.75) is 0 Å². The Labute approximate surface area is 477 Å². The highest BCUT2D eigenvalue weighted by atomic mass is 32.1. The molecule has 0 amide bonds. The third-order valence-electron chi connectivity index (χ3n) is 17.2. The fourth-order valence-electron chi connectivity index (χ4n) is 13.8. The molecule has 0 atom stereocenters. The Bertz CT molecular complexity index is 4560. The van der Waals surface area contributed by atoms with Crippen molar-refractivity contribution in [3.05, 3.63) is 309 Å². The first-order chi connectivity index (χ1) is 40.2. The van der Waals surface area contributed by atoms with Crippen molar-refractivity contribution in [3.8, 4) is 22.4 Å². The van der Waals surface area contributed by atoms with Gasteiger partial charge in [0.2, 0.25) is 0 Å². The van der Waals surface area contributed by atoms with Gasteiger partial charge in [-0.25, -0.2) is 4.98 Å². The van der Waals surface area contributed by atoms with Gasteiger partial charge in [0.1, 0.15) is 5.82 Å². The lowest BCUT2D eigenvalue weighted by molar-refractivity contribution is 1.20. The number of aromatic nitrogens is 1. The van der Waals surface area contributed by atoms with Gasteiger partial charge in [-0.3, -0.25) is 4.90 Å². The third-order valence-corrected chi connectivity index (χ3v) is 28.0. The average Bonchev–Trinajstić information content (AvgIpc) is 4.08. The molecule has 3 nitrogen and oxygen atoms in total. The van der Waals surface area contributed by atoms with Crippen LogP contribution in [0.4, 0.5) is 34.3 Å². The van der Waals surface area contributed by atoms with Crippen LogP contribution in [0.5, 0.6) is 0 Å². The summed E-state index contributed by atoms with van der Waals surface area (Å²) in [4.78, 5) is 11.0. The Morgan fingerprint density at radius 2 is 0.716 bits per heavy atom. The van der Waals surface area contributed by atoms with E-state index in [1.54, 1.807) is 0 Å². The predicted octanol–water partition coefficient (Wildman–Crippen LogP) is 14.3. The summed E-state index contributed by atoms with van der Waals surface area (Å²) in [5, 5.41) is 15.7. The summed E-state index contributed by atoms with van der Waals surface area (Å²) in [6.07, 6.45) is 0. The van der Waals surface area contributed by atoms with Crippen molar-refractivity contribution >= 4 is 134 Å². The van der Waals surface area contributed by atoms with Crippen LogP contribution in [0.3, 0.4) is 0 Å². The maximum Gasteiger partial charge on any atom is 0.184 e. The predicted molar refractivity (Wildman–Crippen MR) is 349 cm³/mol. The fourth-order valence-corrected chi connectivity index (χ4v) is 25.1. The van der Waals surface area contributed by atoms with E-state index in [0.717, 1.165) is 44.9 Å². The van der Waals surface area contributed by atoms with E-state index < -0.39 is 16.1 Å². The van der Waals surface area contributed by atoms with E-state index in [4.69, 9.17) is 4.98 Å². The number of para-hydroxylation sites is 4. The van der Waals surface area contributed by atoms with Gasteiger partial charge in [-0.1, -0.05) is 243 Å². The van der Waals surface area contributed by atoms with Gasteiger partial charge in [-0.2, -0.15) is 0 Å².